The van der Waals surface area contributed by atoms with Crippen molar-refractivity contribution in [3.63, 3.8) is 0 Å². The minimum atomic E-state index is -0.470. The largest absolute Gasteiger partial charge is 0.444 e. The van der Waals surface area contributed by atoms with E-state index in [1.165, 1.54) is 0 Å². The molecule has 1 fully saturated rings. The van der Waals surface area contributed by atoms with Gasteiger partial charge in [0.15, 0.2) is 0 Å². The first-order chi connectivity index (χ1) is 8.96. The third-order valence-electron chi connectivity index (χ3n) is 2.60. The lowest BCUT2D eigenvalue weighted by Crippen LogP contribution is -2.61. The molecule has 0 radical (unpaired) electrons. The van der Waals surface area contributed by atoms with Crippen LogP contribution in [0, 0.1) is 0 Å². The van der Waals surface area contributed by atoms with Gasteiger partial charge in [-0.1, -0.05) is 0 Å². The van der Waals surface area contributed by atoms with Crippen molar-refractivity contribution in [3.05, 3.63) is 0 Å². The van der Waals surface area contributed by atoms with E-state index in [1.54, 1.807) is 4.90 Å². The van der Waals surface area contributed by atoms with Gasteiger partial charge in [-0.05, 0) is 41.5 Å². The third kappa shape index (κ3) is 6.23. The second-order valence-electron chi connectivity index (χ2n) is 7.26. The molecule has 6 heteroatoms. The Morgan fingerprint density at radius 2 is 1.70 bits per heavy atom. The Balaban J connectivity index is 2.20. The van der Waals surface area contributed by atoms with Crippen LogP contribution < -0.4 is 10.6 Å². The summed E-state index contributed by atoms with van der Waals surface area (Å²) in [5, 5.41) is 6.01. The number of nitrogens with one attached hydrogen (secondary N) is 2. The molecule has 2 N–H and O–H groups in total. The van der Waals surface area contributed by atoms with Gasteiger partial charge in [-0.25, -0.2) is 4.79 Å². The van der Waals surface area contributed by atoms with E-state index in [1.807, 2.05) is 41.5 Å². The molecule has 0 bridgehead atoms. The Labute approximate surface area is 121 Å². The smallest absolute Gasteiger partial charge is 0.410 e. The molecule has 1 aliphatic rings. The van der Waals surface area contributed by atoms with E-state index in [4.69, 9.17) is 4.74 Å². The molecule has 0 saturated carbocycles. The van der Waals surface area contributed by atoms with Crippen LogP contribution >= 0.6 is 0 Å². The predicted molar refractivity (Wildman–Crippen MR) is 77.5 cm³/mol. The van der Waals surface area contributed by atoms with Gasteiger partial charge in [-0.2, -0.15) is 0 Å². The fourth-order valence-electron chi connectivity index (χ4n) is 1.78. The highest BCUT2D eigenvalue weighted by molar-refractivity contribution is 5.78. The van der Waals surface area contributed by atoms with Crippen LogP contribution in [-0.2, 0) is 9.53 Å². The van der Waals surface area contributed by atoms with Crippen molar-refractivity contribution in [2.24, 2.45) is 0 Å². The van der Waals surface area contributed by atoms with E-state index in [0.717, 1.165) is 0 Å². The van der Waals surface area contributed by atoms with E-state index < -0.39 is 5.60 Å². The lowest BCUT2D eigenvalue weighted by molar-refractivity contribution is -0.121. The molecule has 0 atom stereocenters. The number of nitrogens with zero attached hydrogens (tertiary/aromatic N) is 1. The Morgan fingerprint density at radius 1 is 1.15 bits per heavy atom. The van der Waals surface area contributed by atoms with Crippen molar-refractivity contribution in [2.45, 2.75) is 58.7 Å². The normalized spacial score (nSPS) is 16.6. The van der Waals surface area contributed by atoms with Crippen LogP contribution in [0.4, 0.5) is 4.79 Å². The minimum Gasteiger partial charge on any atom is -0.444 e. The summed E-state index contributed by atoms with van der Waals surface area (Å²) in [7, 11) is 0. The maximum atomic E-state index is 11.7. The number of amides is 2. The fourth-order valence-corrected chi connectivity index (χ4v) is 1.78. The summed E-state index contributed by atoms with van der Waals surface area (Å²) in [5.74, 6) is -0.0341. The number of likely N-dealkylation sites (tertiary alicyclic amines) is 1. The predicted octanol–water partition coefficient (Wildman–Crippen LogP) is 1.11. The molecule has 1 aliphatic heterocycles. The Morgan fingerprint density at radius 3 is 2.15 bits per heavy atom. The van der Waals surface area contributed by atoms with Gasteiger partial charge in [0.2, 0.25) is 5.91 Å². The summed E-state index contributed by atoms with van der Waals surface area (Å²) in [4.78, 5) is 25.0. The van der Waals surface area contributed by atoms with Crippen LogP contribution in [0.1, 0.15) is 41.5 Å². The summed E-state index contributed by atoms with van der Waals surface area (Å²) in [5.41, 5.74) is -0.691. The average molecular weight is 285 g/mol. The summed E-state index contributed by atoms with van der Waals surface area (Å²) < 4.78 is 5.26. The van der Waals surface area contributed by atoms with Crippen molar-refractivity contribution < 1.29 is 14.3 Å². The molecular formula is C14H27N3O3. The van der Waals surface area contributed by atoms with Crippen LogP contribution in [0.15, 0.2) is 0 Å². The molecule has 1 rings (SSSR count). The Bertz CT molecular complexity index is 360. The van der Waals surface area contributed by atoms with Crippen LogP contribution in [0.5, 0.6) is 0 Å². The molecule has 6 nitrogen and oxygen atoms in total. The topological polar surface area (TPSA) is 70.7 Å². The molecule has 20 heavy (non-hydrogen) atoms. The van der Waals surface area contributed by atoms with Crippen molar-refractivity contribution >= 4 is 12.0 Å². The zero-order chi connectivity index (χ0) is 15.6. The standard InChI is InChI=1S/C14H27N3O3/c1-13(2,3)16-11(18)7-15-10-8-17(9-10)12(19)20-14(4,5)6/h10,15H,7-9H2,1-6H3,(H,16,18). The van der Waals surface area contributed by atoms with Crippen LogP contribution in [0.3, 0.4) is 0 Å². The molecule has 1 saturated heterocycles. The van der Waals surface area contributed by atoms with Gasteiger partial charge < -0.3 is 20.3 Å². The van der Waals surface area contributed by atoms with E-state index in [-0.39, 0.29) is 30.1 Å². The van der Waals surface area contributed by atoms with Gasteiger partial charge in [-0.15, -0.1) is 0 Å². The molecule has 0 aromatic carbocycles. The van der Waals surface area contributed by atoms with Crippen LogP contribution in [-0.4, -0.2) is 53.7 Å². The highest BCUT2D eigenvalue weighted by Crippen LogP contribution is 2.14. The summed E-state index contributed by atoms with van der Waals surface area (Å²) in [6.07, 6.45) is -0.297. The molecule has 0 aliphatic carbocycles. The molecule has 1 heterocycles. The molecule has 0 spiro atoms. The molecule has 0 unspecified atom stereocenters. The van der Waals surface area contributed by atoms with Crippen LogP contribution in [0.2, 0.25) is 0 Å². The molecule has 2 amide bonds. The maximum Gasteiger partial charge on any atom is 0.410 e. The Kier molecular flexibility index (Phi) is 5.02. The summed E-state index contributed by atoms with van der Waals surface area (Å²) in [6.45, 7) is 12.8. The minimum absolute atomic E-state index is 0.0341. The van der Waals surface area contributed by atoms with E-state index in [2.05, 4.69) is 10.6 Å². The van der Waals surface area contributed by atoms with E-state index in [9.17, 15) is 9.59 Å². The number of hydrogen-bond acceptors (Lipinski definition) is 4. The lowest BCUT2D eigenvalue weighted by atomic mass is 10.1. The number of ether oxygens (including phenoxy) is 1. The highest BCUT2D eigenvalue weighted by atomic mass is 16.6. The van der Waals surface area contributed by atoms with Gasteiger partial charge in [0.05, 0.1) is 6.54 Å². The van der Waals surface area contributed by atoms with Crippen molar-refractivity contribution in [1.82, 2.24) is 15.5 Å². The zero-order valence-corrected chi connectivity index (χ0v) is 13.4. The quantitative estimate of drug-likeness (QED) is 0.815. The third-order valence-corrected chi connectivity index (χ3v) is 2.60. The van der Waals surface area contributed by atoms with Gasteiger partial charge in [-0.3, -0.25) is 4.79 Å². The second-order valence-corrected chi connectivity index (χ2v) is 7.26. The summed E-state index contributed by atoms with van der Waals surface area (Å²) in [6, 6.07) is 0.160. The monoisotopic (exact) mass is 285 g/mol. The molecule has 0 aromatic heterocycles. The van der Waals surface area contributed by atoms with Gasteiger partial charge in [0.1, 0.15) is 5.60 Å². The fraction of sp³-hybridized carbons (Fsp3) is 0.857. The first-order valence-electron chi connectivity index (χ1n) is 6.98. The SMILES string of the molecule is CC(C)(C)NC(=O)CNC1CN(C(=O)OC(C)(C)C)C1. The summed E-state index contributed by atoms with van der Waals surface area (Å²) >= 11 is 0. The maximum absolute atomic E-state index is 11.7. The second kappa shape index (κ2) is 5.99. The van der Waals surface area contributed by atoms with Crippen molar-refractivity contribution in [1.29, 1.82) is 0 Å². The van der Waals surface area contributed by atoms with E-state index >= 15 is 0 Å². The van der Waals surface area contributed by atoms with Gasteiger partial charge in [0, 0.05) is 24.7 Å². The van der Waals surface area contributed by atoms with Crippen molar-refractivity contribution in [3.8, 4) is 0 Å². The lowest BCUT2D eigenvalue weighted by Gasteiger charge is -2.40. The zero-order valence-electron chi connectivity index (χ0n) is 13.4. The first kappa shape index (κ1) is 16.8. The van der Waals surface area contributed by atoms with E-state index in [0.29, 0.717) is 13.1 Å². The number of carbonyl (C=O) groups is 2. The molecule has 0 aromatic rings. The number of hydrogen-bond donors (Lipinski definition) is 2. The molecule has 116 valence electrons. The average Bonchev–Trinajstić information content (AvgIpc) is 2.08. The van der Waals surface area contributed by atoms with Crippen LogP contribution in [0.25, 0.3) is 0 Å². The van der Waals surface area contributed by atoms with Gasteiger partial charge >= 0.3 is 6.09 Å². The van der Waals surface area contributed by atoms with Crippen molar-refractivity contribution in [2.75, 3.05) is 19.6 Å². The first-order valence-corrected chi connectivity index (χ1v) is 6.98. The van der Waals surface area contributed by atoms with Gasteiger partial charge in [0.25, 0.3) is 0 Å². The number of carbonyl (C=O) groups excluding carboxylic acids is 2. The number of rotatable bonds is 3. The molecular weight excluding hydrogens is 258 g/mol. The highest BCUT2D eigenvalue weighted by Gasteiger charge is 2.33. The Hall–Kier alpha value is -1.30.